The van der Waals surface area contributed by atoms with Gasteiger partial charge in [0.15, 0.2) is 17.5 Å². The number of benzene rings is 2. The van der Waals surface area contributed by atoms with Crippen molar-refractivity contribution in [1.29, 1.82) is 0 Å². The van der Waals surface area contributed by atoms with Crippen molar-refractivity contribution in [2.75, 3.05) is 56.8 Å². The largest absolute Gasteiger partial charge is 0.490 e. The average molecular weight is 396 g/mol. The fourth-order valence-electron chi connectivity index (χ4n) is 3.51. The molecule has 0 radical (unpaired) electrons. The standard InChI is InChI=1S/C22H28N4O3/c1-23-22(25-18-7-8-20-21(15-18)29-12-4-11-28-20)24-16-17-5-2-3-6-19(17)26-9-13-27-14-10-26/h2-3,5-8,15H,4,9-14,16H2,1H3,(H2,23,24,25). The number of nitrogens with one attached hydrogen (secondary N) is 2. The van der Waals surface area contributed by atoms with Gasteiger partial charge < -0.3 is 29.7 Å². The second-order valence-electron chi connectivity index (χ2n) is 6.99. The molecule has 0 atom stereocenters. The van der Waals surface area contributed by atoms with E-state index in [1.165, 1.54) is 11.3 Å². The Morgan fingerprint density at radius 3 is 2.62 bits per heavy atom. The Hall–Kier alpha value is -2.93. The van der Waals surface area contributed by atoms with Crippen molar-refractivity contribution in [3.05, 3.63) is 48.0 Å². The zero-order valence-electron chi connectivity index (χ0n) is 16.8. The molecule has 0 saturated carbocycles. The number of fused-ring (bicyclic) bond motifs is 1. The monoisotopic (exact) mass is 396 g/mol. The van der Waals surface area contributed by atoms with Crippen LogP contribution in [0.15, 0.2) is 47.5 Å². The molecule has 2 aliphatic heterocycles. The van der Waals surface area contributed by atoms with Gasteiger partial charge in [0.1, 0.15) is 0 Å². The zero-order chi connectivity index (χ0) is 19.9. The SMILES string of the molecule is CN=C(NCc1ccccc1N1CCOCC1)Nc1ccc2c(c1)OCCCO2. The third-order valence-electron chi connectivity index (χ3n) is 5.02. The smallest absolute Gasteiger partial charge is 0.195 e. The van der Waals surface area contributed by atoms with Crippen LogP contribution in [0.1, 0.15) is 12.0 Å². The number of hydrogen-bond donors (Lipinski definition) is 2. The Morgan fingerprint density at radius 1 is 1.00 bits per heavy atom. The van der Waals surface area contributed by atoms with Gasteiger partial charge in [0, 0.05) is 50.5 Å². The summed E-state index contributed by atoms with van der Waals surface area (Å²) in [7, 11) is 1.77. The molecule has 0 aliphatic carbocycles. The van der Waals surface area contributed by atoms with Gasteiger partial charge >= 0.3 is 0 Å². The zero-order valence-corrected chi connectivity index (χ0v) is 16.8. The summed E-state index contributed by atoms with van der Waals surface area (Å²) in [6.45, 7) is 5.41. The van der Waals surface area contributed by atoms with E-state index >= 15 is 0 Å². The van der Waals surface area contributed by atoms with Crippen molar-refractivity contribution in [3.63, 3.8) is 0 Å². The van der Waals surface area contributed by atoms with Crippen LogP contribution in [0.25, 0.3) is 0 Å². The van der Waals surface area contributed by atoms with Crippen LogP contribution in [0.2, 0.25) is 0 Å². The first-order valence-electron chi connectivity index (χ1n) is 10.1. The molecule has 2 aromatic carbocycles. The summed E-state index contributed by atoms with van der Waals surface area (Å²) in [5.41, 5.74) is 3.38. The lowest BCUT2D eigenvalue weighted by molar-refractivity contribution is 0.122. The van der Waals surface area contributed by atoms with Crippen molar-refractivity contribution in [2.24, 2.45) is 4.99 Å². The predicted molar refractivity (Wildman–Crippen MR) is 115 cm³/mol. The van der Waals surface area contributed by atoms with Gasteiger partial charge in [0.25, 0.3) is 0 Å². The third-order valence-corrected chi connectivity index (χ3v) is 5.02. The topological polar surface area (TPSA) is 67.4 Å². The minimum Gasteiger partial charge on any atom is -0.490 e. The van der Waals surface area contributed by atoms with E-state index in [2.05, 4.69) is 44.8 Å². The second kappa shape index (κ2) is 9.52. The molecule has 0 unspecified atom stereocenters. The summed E-state index contributed by atoms with van der Waals surface area (Å²) < 4.78 is 17.0. The Kier molecular flexibility index (Phi) is 6.36. The maximum atomic E-state index is 5.78. The minimum atomic E-state index is 0.668. The molecule has 7 heteroatoms. The van der Waals surface area contributed by atoms with E-state index in [4.69, 9.17) is 14.2 Å². The van der Waals surface area contributed by atoms with E-state index in [-0.39, 0.29) is 0 Å². The number of aliphatic imine (C=N–C) groups is 1. The van der Waals surface area contributed by atoms with E-state index in [0.717, 1.165) is 49.9 Å². The highest BCUT2D eigenvalue weighted by molar-refractivity contribution is 5.93. The van der Waals surface area contributed by atoms with Crippen molar-refractivity contribution in [1.82, 2.24) is 5.32 Å². The molecule has 2 aromatic rings. The Balaban J connectivity index is 1.41. The highest BCUT2D eigenvalue weighted by atomic mass is 16.5. The van der Waals surface area contributed by atoms with Crippen molar-refractivity contribution < 1.29 is 14.2 Å². The number of nitrogens with zero attached hydrogens (tertiary/aromatic N) is 2. The van der Waals surface area contributed by atoms with Gasteiger partial charge in [-0.15, -0.1) is 0 Å². The van der Waals surface area contributed by atoms with E-state index in [1.807, 2.05) is 18.2 Å². The van der Waals surface area contributed by atoms with Crippen LogP contribution in [-0.2, 0) is 11.3 Å². The first-order chi connectivity index (χ1) is 14.3. The van der Waals surface area contributed by atoms with Crippen molar-refractivity contribution >= 4 is 17.3 Å². The van der Waals surface area contributed by atoms with Crippen LogP contribution in [0, 0.1) is 0 Å². The highest BCUT2D eigenvalue weighted by Crippen LogP contribution is 2.32. The van der Waals surface area contributed by atoms with Crippen LogP contribution in [0.4, 0.5) is 11.4 Å². The summed E-state index contributed by atoms with van der Waals surface area (Å²) in [6, 6.07) is 14.3. The maximum absolute atomic E-state index is 5.78. The number of anilines is 2. The molecule has 154 valence electrons. The molecule has 4 rings (SSSR count). The van der Waals surface area contributed by atoms with Gasteiger partial charge in [-0.25, -0.2) is 0 Å². The highest BCUT2D eigenvalue weighted by Gasteiger charge is 2.15. The molecular formula is C22H28N4O3. The number of ether oxygens (including phenoxy) is 3. The van der Waals surface area contributed by atoms with Gasteiger partial charge in [-0.3, -0.25) is 4.99 Å². The molecule has 7 nitrogen and oxygen atoms in total. The lowest BCUT2D eigenvalue weighted by atomic mass is 10.1. The molecule has 2 aliphatic rings. The van der Waals surface area contributed by atoms with Gasteiger partial charge in [0.2, 0.25) is 0 Å². The number of hydrogen-bond acceptors (Lipinski definition) is 5. The molecule has 1 saturated heterocycles. The second-order valence-corrected chi connectivity index (χ2v) is 6.99. The molecular weight excluding hydrogens is 368 g/mol. The summed E-state index contributed by atoms with van der Waals surface area (Å²) in [5, 5.41) is 6.75. The number of para-hydroxylation sites is 1. The van der Waals surface area contributed by atoms with Crippen LogP contribution in [0.5, 0.6) is 11.5 Å². The molecule has 29 heavy (non-hydrogen) atoms. The van der Waals surface area contributed by atoms with Gasteiger partial charge in [-0.05, 0) is 23.8 Å². The number of morpholine rings is 1. The van der Waals surface area contributed by atoms with Gasteiger partial charge in [0.05, 0.1) is 26.4 Å². The van der Waals surface area contributed by atoms with Crippen molar-refractivity contribution in [3.8, 4) is 11.5 Å². The summed E-state index contributed by atoms with van der Waals surface area (Å²) in [4.78, 5) is 6.74. The first kappa shape index (κ1) is 19.4. The lowest BCUT2D eigenvalue weighted by Gasteiger charge is -2.30. The van der Waals surface area contributed by atoms with Crippen molar-refractivity contribution in [2.45, 2.75) is 13.0 Å². The normalized spacial score (nSPS) is 16.9. The van der Waals surface area contributed by atoms with Crippen LogP contribution >= 0.6 is 0 Å². The first-order valence-corrected chi connectivity index (χ1v) is 10.1. The average Bonchev–Trinajstić information content (AvgIpc) is 3.02. The molecule has 2 heterocycles. The summed E-state index contributed by atoms with van der Waals surface area (Å²) >= 11 is 0. The molecule has 0 spiro atoms. The molecule has 2 N–H and O–H groups in total. The lowest BCUT2D eigenvalue weighted by Crippen LogP contribution is -2.37. The number of rotatable bonds is 4. The molecule has 0 aromatic heterocycles. The van der Waals surface area contributed by atoms with E-state index in [0.29, 0.717) is 25.7 Å². The minimum absolute atomic E-state index is 0.668. The van der Waals surface area contributed by atoms with Gasteiger partial charge in [-0.1, -0.05) is 18.2 Å². The van der Waals surface area contributed by atoms with E-state index in [9.17, 15) is 0 Å². The fraction of sp³-hybridized carbons (Fsp3) is 0.409. The van der Waals surface area contributed by atoms with Crippen LogP contribution < -0.4 is 25.0 Å². The predicted octanol–water partition coefficient (Wildman–Crippen LogP) is 2.87. The summed E-state index contributed by atoms with van der Waals surface area (Å²) in [5.74, 6) is 2.26. The maximum Gasteiger partial charge on any atom is 0.195 e. The van der Waals surface area contributed by atoms with Crippen LogP contribution in [-0.4, -0.2) is 52.5 Å². The summed E-state index contributed by atoms with van der Waals surface area (Å²) in [6.07, 6.45) is 0.892. The quantitative estimate of drug-likeness (QED) is 0.612. The van der Waals surface area contributed by atoms with Gasteiger partial charge in [-0.2, -0.15) is 0 Å². The third kappa shape index (κ3) is 4.92. The number of guanidine groups is 1. The fourth-order valence-corrected chi connectivity index (χ4v) is 3.51. The Bertz CT molecular complexity index is 850. The Labute approximate surface area is 171 Å². The Morgan fingerprint density at radius 2 is 1.79 bits per heavy atom. The van der Waals surface area contributed by atoms with E-state index in [1.54, 1.807) is 7.05 Å². The van der Waals surface area contributed by atoms with E-state index < -0.39 is 0 Å². The molecule has 0 bridgehead atoms. The van der Waals surface area contributed by atoms with Crippen LogP contribution in [0.3, 0.4) is 0 Å². The molecule has 0 amide bonds. The molecule has 1 fully saturated rings.